The first-order valence-corrected chi connectivity index (χ1v) is 11.6. The summed E-state index contributed by atoms with van der Waals surface area (Å²) in [5.74, 6) is -0.182. The van der Waals surface area contributed by atoms with Crippen molar-refractivity contribution in [1.29, 1.82) is 0 Å². The third-order valence-electron chi connectivity index (χ3n) is 4.67. The molecule has 0 bridgehead atoms. The monoisotopic (exact) mass is 451 g/mol. The molecule has 2 N–H and O–H groups in total. The summed E-state index contributed by atoms with van der Waals surface area (Å²) in [6, 6.07) is 16.6. The number of rotatable bonds is 9. The van der Waals surface area contributed by atoms with Crippen LogP contribution < -0.4 is 10.6 Å². The molecule has 3 rings (SSSR count). The van der Waals surface area contributed by atoms with Crippen LogP contribution in [0.25, 0.3) is 0 Å². The smallest absolute Gasteiger partial charge is 0.278 e. The first kappa shape index (κ1) is 23.6. The zero-order chi connectivity index (χ0) is 23.3. The number of anilines is 2. The van der Waals surface area contributed by atoms with Crippen LogP contribution in [0.15, 0.2) is 70.1 Å². The Morgan fingerprint density at radius 2 is 1.53 bits per heavy atom. The van der Waals surface area contributed by atoms with E-state index in [9.17, 15) is 14.4 Å². The van der Waals surface area contributed by atoms with E-state index in [0.717, 1.165) is 10.6 Å². The molecule has 0 saturated heterocycles. The predicted molar refractivity (Wildman–Crippen MR) is 129 cm³/mol. The van der Waals surface area contributed by atoms with Crippen molar-refractivity contribution in [3.8, 4) is 0 Å². The molecule has 0 saturated carbocycles. The quantitative estimate of drug-likeness (QED) is 0.518. The second-order valence-electron chi connectivity index (χ2n) is 8.58. The lowest BCUT2D eigenvalue weighted by Crippen LogP contribution is -2.35. The van der Waals surface area contributed by atoms with E-state index in [4.69, 9.17) is 0 Å². The number of benzene rings is 2. The highest BCUT2D eigenvalue weighted by Crippen LogP contribution is 2.36. The maximum Gasteiger partial charge on any atom is 0.278 e. The summed E-state index contributed by atoms with van der Waals surface area (Å²) in [6.07, 6.45) is 0.459. The van der Waals surface area contributed by atoms with E-state index in [1.165, 1.54) is 16.7 Å². The number of imide groups is 1. The fourth-order valence-corrected chi connectivity index (χ4v) is 4.21. The Morgan fingerprint density at radius 1 is 0.875 bits per heavy atom. The fourth-order valence-electron chi connectivity index (χ4n) is 3.26. The van der Waals surface area contributed by atoms with E-state index in [0.29, 0.717) is 29.3 Å². The van der Waals surface area contributed by atoms with Gasteiger partial charge in [0.2, 0.25) is 5.91 Å². The third-order valence-corrected chi connectivity index (χ3v) is 5.76. The van der Waals surface area contributed by atoms with Crippen LogP contribution in [0.2, 0.25) is 0 Å². The molecule has 6 nitrogen and oxygen atoms in total. The van der Waals surface area contributed by atoms with Crippen LogP contribution >= 0.6 is 11.8 Å². The number of thioether (sulfide) groups is 1. The molecular formula is C25H29N3O3S. The Morgan fingerprint density at radius 3 is 2.12 bits per heavy atom. The summed E-state index contributed by atoms with van der Waals surface area (Å²) in [5, 5.41) is 6.02. The van der Waals surface area contributed by atoms with Crippen LogP contribution in [0.4, 0.5) is 11.4 Å². The Hall–Kier alpha value is -3.06. The van der Waals surface area contributed by atoms with Gasteiger partial charge in [-0.15, -0.1) is 0 Å². The molecule has 7 heteroatoms. The molecule has 0 atom stereocenters. The maximum atomic E-state index is 13.1. The van der Waals surface area contributed by atoms with Crippen LogP contribution in [0, 0.1) is 11.8 Å². The van der Waals surface area contributed by atoms with Crippen molar-refractivity contribution in [2.24, 2.45) is 11.8 Å². The van der Waals surface area contributed by atoms with Gasteiger partial charge in [-0.3, -0.25) is 19.3 Å². The number of amides is 3. The minimum absolute atomic E-state index is 0.0293. The summed E-state index contributed by atoms with van der Waals surface area (Å²) in [5.41, 5.74) is 1.74. The summed E-state index contributed by atoms with van der Waals surface area (Å²) in [4.78, 5) is 40.6. The standard InChI is InChI=1S/C25H29N3O3S/c1-16(2)14-21(29)26-19-10-12-20(13-11-19)32-23-22(27-18-8-6-5-7-9-18)24(30)28(25(23)31)15-17(3)4/h5-13,16-17,27H,14-15H2,1-4H3,(H,26,29). The highest BCUT2D eigenvalue weighted by Gasteiger charge is 2.39. The lowest BCUT2D eigenvalue weighted by Gasteiger charge is -2.17. The second kappa shape index (κ2) is 10.5. The molecule has 2 aromatic carbocycles. The fraction of sp³-hybridized carbons (Fsp3) is 0.320. The van der Waals surface area contributed by atoms with Crippen molar-refractivity contribution < 1.29 is 14.4 Å². The van der Waals surface area contributed by atoms with Gasteiger partial charge < -0.3 is 10.6 Å². The van der Waals surface area contributed by atoms with E-state index in [-0.39, 0.29) is 29.6 Å². The van der Waals surface area contributed by atoms with E-state index >= 15 is 0 Å². The van der Waals surface area contributed by atoms with Crippen LogP contribution in [0.1, 0.15) is 34.1 Å². The SMILES string of the molecule is CC(C)CC(=O)Nc1ccc(SC2=C(Nc3ccccc3)C(=O)N(CC(C)C)C2=O)cc1. The van der Waals surface area contributed by atoms with Gasteiger partial charge in [0.15, 0.2) is 0 Å². The third kappa shape index (κ3) is 6.01. The normalized spacial score (nSPS) is 14.0. The minimum Gasteiger partial charge on any atom is -0.350 e. The molecule has 0 unspecified atom stereocenters. The van der Waals surface area contributed by atoms with Gasteiger partial charge in [-0.2, -0.15) is 0 Å². The number of hydrogen-bond acceptors (Lipinski definition) is 5. The Bertz CT molecular complexity index is 1010. The molecule has 2 aromatic rings. The number of para-hydroxylation sites is 1. The van der Waals surface area contributed by atoms with E-state index in [1.807, 2.05) is 70.2 Å². The van der Waals surface area contributed by atoms with Gasteiger partial charge in [-0.25, -0.2) is 0 Å². The molecule has 168 valence electrons. The van der Waals surface area contributed by atoms with Gasteiger partial charge in [-0.1, -0.05) is 57.7 Å². The molecule has 1 heterocycles. The zero-order valence-electron chi connectivity index (χ0n) is 18.8. The number of hydrogen-bond donors (Lipinski definition) is 2. The van der Waals surface area contributed by atoms with Gasteiger partial charge in [0.25, 0.3) is 11.8 Å². The van der Waals surface area contributed by atoms with Crippen molar-refractivity contribution in [3.05, 3.63) is 65.2 Å². The lowest BCUT2D eigenvalue weighted by atomic mass is 10.1. The summed E-state index contributed by atoms with van der Waals surface area (Å²) in [6.45, 7) is 8.31. The molecule has 0 aliphatic carbocycles. The van der Waals surface area contributed by atoms with Crippen molar-refractivity contribution in [2.45, 2.75) is 39.0 Å². The number of carbonyl (C=O) groups is 3. The van der Waals surface area contributed by atoms with Crippen molar-refractivity contribution in [3.63, 3.8) is 0 Å². The average Bonchev–Trinajstić information content (AvgIpc) is 2.94. The number of carbonyl (C=O) groups excluding carboxylic acids is 3. The number of nitrogens with zero attached hydrogens (tertiary/aromatic N) is 1. The molecule has 1 aliphatic rings. The van der Waals surface area contributed by atoms with E-state index < -0.39 is 0 Å². The topological polar surface area (TPSA) is 78.5 Å². The molecule has 1 aliphatic heterocycles. The molecule has 0 spiro atoms. The largest absolute Gasteiger partial charge is 0.350 e. The molecule has 0 radical (unpaired) electrons. The zero-order valence-corrected chi connectivity index (χ0v) is 19.7. The van der Waals surface area contributed by atoms with Crippen LogP contribution in [-0.4, -0.2) is 29.2 Å². The molecule has 0 aromatic heterocycles. The minimum atomic E-state index is -0.312. The van der Waals surface area contributed by atoms with Crippen LogP contribution in [0.3, 0.4) is 0 Å². The Balaban J connectivity index is 1.82. The van der Waals surface area contributed by atoms with Gasteiger partial charge in [0, 0.05) is 29.2 Å². The summed E-state index contributed by atoms with van der Waals surface area (Å²) in [7, 11) is 0. The van der Waals surface area contributed by atoms with Crippen molar-refractivity contribution in [2.75, 3.05) is 17.2 Å². The first-order valence-electron chi connectivity index (χ1n) is 10.7. The molecular weight excluding hydrogens is 422 g/mol. The lowest BCUT2D eigenvalue weighted by molar-refractivity contribution is -0.137. The van der Waals surface area contributed by atoms with Crippen molar-refractivity contribution in [1.82, 2.24) is 4.90 Å². The summed E-state index contributed by atoms with van der Waals surface area (Å²) >= 11 is 1.25. The summed E-state index contributed by atoms with van der Waals surface area (Å²) < 4.78 is 0. The van der Waals surface area contributed by atoms with E-state index in [2.05, 4.69) is 10.6 Å². The molecule has 0 fully saturated rings. The van der Waals surface area contributed by atoms with Crippen LogP contribution in [-0.2, 0) is 14.4 Å². The van der Waals surface area contributed by atoms with Gasteiger partial charge in [-0.05, 0) is 48.2 Å². The van der Waals surface area contributed by atoms with E-state index in [1.54, 1.807) is 12.1 Å². The molecule has 32 heavy (non-hydrogen) atoms. The first-order chi connectivity index (χ1) is 15.2. The predicted octanol–water partition coefficient (Wildman–Crippen LogP) is 5.11. The van der Waals surface area contributed by atoms with Gasteiger partial charge in [0.05, 0.1) is 0 Å². The van der Waals surface area contributed by atoms with Gasteiger partial charge in [0.1, 0.15) is 10.6 Å². The Kier molecular flexibility index (Phi) is 7.75. The maximum absolute atomic E-state index is 13.1. The number of nitrogens with one attached hydrogen (secondary N) is 2. The van der Waals surface area contributed by atoms with Crippen molar-refractivity contribution >= 4 is 40.9 Å². The second-order valence-corrected chi connectivity index (χ2v) is 9.67. The Labute approximate surface area is 193 Å². The van der Waals surface area contributed by atoms with Gasteiger partial charge >= 0.3 is 0 Å². The highest BCUT2D eigenvalue weighted by atomic mass is 32.2. The molecule has 3 amide bonds. The average molecular weight is 452 g/mol. The van der Waals surface area contributed by atoms with Crippen LogP contribution in [0.5, 0.6) is 0 Å². The highest BCUT2D eigenvalue weighted by molar-refractivity contribution is 8.04.